The number of fused-ring (bicyclic) bond motifs is 1. The molecule has 2 aromatic heterocycles. The molecule has 2 aromatic rings. The molecule has 4 rings (SSSR count). The van der Waals surface area contributed by atoms with E-state index in [0.29, 0.717) is 30.1 Å². The first-order chi connectivity index (χ1) is 11.6. The highest BCUT2D eigenvalue weighted by Crippen LogP contribution is 2.35. The fourth-order valence-corrected chi connectivity index (χ4v) is 3.28. The molecule has 0 spiro atoms. The molecular weight excluding hydrogens is 314 g/mol. The van der Waals surface area contributed by atoms with E-state index in [4.69, 9.17) is 5.11 Å². The Morgan fingerprint density at radius 1 is 1.33 bits per heavy atom. The van der Waals surface area contributed by atoms with Crippen LogP contribution in [0.2, 0.25) is 0 Å². The van der Waals surface area contributed by atoms with Crippen LogP contribution in [-0.2, 0) is 0 Å². The molecule has 9 nitrogen and oxygen atoms in total. The van der Waals surface area contributed by atoms with Crippen molar-refractivity contribution in [2.24, 2.45) is 5.92 Å². The van der Waals surface area contributed by atoms with Crippen molar-refractivity contribution < 1.29 is 10.2 Å². The largest absolute Gasteiger partial charge is 0.394 e. The van der Waals surface area contributed by atoms with Gasteiger partial charge in [-0.2, -0.15) is 4.98 Å². The van der Waals surface area contributed by atoms with Gasteiger partial charge in [0.25, 0.3) is 5.56 Å². The topological polar surface area (TPSA) is 124 Å². The van der Waals surface area contributed by atoms with E-state index in [0.717, 1.165) is 19.3 Å². The number of rotatable bonds is 4. The highest BCUT2D eigenvalue weighted by atomic mass is 16.3. The fraction of sp³-hybridized carbons (Fsp3) is 0.600. The van der Waals surface area contributed by atoms with E-state index in [-0.39, 0.29) is 18.6 Å². The first kappa shape index (κ1) is 15.3. The summed E-state index contributed by atoms with van der Waals surface area (Å²) in [5, 5.41) is 19.2. The van der Waals surface area contributed by atoms with E-state index in [1.807, 2.05) is 4.90 Å². The number of aromatic amines is 1. The van der Waals surface area contributed by atoms with Crippen molar-refractivity contribution in [2.45, 2.75) is 31.4 Å². The van der Waals surface area contributed by atoms with E-state index >= 15 is 0 Å². The van der Waals surface area contributed by atoms with Gasteiger partial charge in [-0.05, 0) is 19.3 Å². The van der Waals surface area contributed by atoms with Crippen molar-refractivity contribution >= 4 is 17.0 Å². The second-order valence-electron chi connectivity index (χ2n) is 6.51. The molecule has 2 aliphatic rings. The molecular formula is C15H19N5O4. The third kappa shape index (κ3) is 2.49. The summed E-state index contributed by atoms with van der Waals surface area (Å²) in [5.41, 5.74) is -0.550. The summed E-state index contributed by atoms with van der Waals surface area (Å²) >= 11 is 0. The highest BCUT2D eigenvalue weighted by molar-refractivity contribution is 5.74. The number of hydrogen-bond acceptors (Lipinski definition) is 7. The Morgan fingerprint density at radius 2 is 2.12 bits per heavy atom. The molecule has 1 saturated heterocycles. The van der Waals surface area contributed by atoms with Crippen LogP contribution in [0, 0.1) is 5.92 Å². The molecule has 9 heteroatoms. The number of anilines is 1. The predicted molar refractivity (Wildman–Crippen MR) is 86.1 cm³/mol. The molecule has 1 saturated carbocycles. The number of nitrogens with zero attached hydrogens (tertiary/aromatic N) is 4. The number of aliphatic hydroxyl groups is 2. The molecule has 2 unspecified atom stereocenters. The normalized spacial score (nSPS) is 22.2. The van der Waals surface area contributed by atoms with Gasteiger partial charge >= 0.3 is 5.69 Å². The molecule has 128 valence electrons. The van der Waals surface area contributed by atoms with Gasteiger partial charge in [-0.15, -0.1) is 0 Å². The predicted octanol–water partition coefficient (Wildman–Crippen LogP) is -1.01. The molecule has 2 atom stereocenters. The number of nitrogens with one attached hydrogen (secondary N) is 1. The molecule has 3 N–H and O–H groups in total. The monoisotopic (exact) mass is 333 g/mol. The Kier molecular flexibility index (Phi) is 3.61. The van der Waals surface area contributed by atoms with Crippen LogP contribution < -0.4 is 16.1 Å². The van der Waals surface area contributed by atoms with Crippen LogP contribution in [0.15, 0.2) is 15.8 Å². The number of aromatic nitrogens is 4. The van der Waals surface area contributed by atoms with Crippen LogP contribution in [0.4, 0.5) is 5.95 Å². The standard InChI is InChI=1S/C15H19N5O4/c21-7-11(22)8-3-4-19(6-8)14-16-5-10-12(17-14)20(9-1-2-9)15(24)18-13(10)23/h5,8-9,11,21-22H,1-4,6-7H2,(H,18,23,24). The summed E-state index contributed by atoms with van der Waals surface area (Å²) in [4.78, 5) is 37.1. The zero-order valence-corrected chi connectivity index (χ0v) is 13.1. The van der Waals surface area contributed by atoms with Crippen LogP contribution in [0.1, 0.15) is 25.3 Å². The van der Waals surface area contributed by atoms with Gasteiger partial charge in [0.2, 0.25) is 5.95 Å². The Bertz CT molecular complexity index is 888. The first-order valence-corrected chi connectivity index (χ1v) is 8.14. The fourth-order valence-electron chi connectivity index (χ4n) is 3.28. The molecule has 1 aliphatic heterocycles. The van der Waals surface area contributed by atoms with Crippen LogP contribution in [0.3, 0.4) is 0 Å². The van der Waals surface area contributed by atoms with Crippen molar-refractivity contribution in [1.29, 1.82) is 0 Å². The lowest BCUT2D eigenvalue weighted by Gasteiger charge is -2.19. The molecule has 2 fully saturated rings. The number of aliphatic hydroxyl groups excluding tert-OH is 2. The van der Waals surface area contributed by atoms with Gasteiger partial charge in [-0.25, -0.2) is 9.78 Å². The summed E-state index contributed by atoms with van der Waals surface area (Å²) in [7, 11) is 0. The average Bonchev–Trinajstić information content (AvgIpc) is 3.28. The second kappa shape index (κ2) is 5.67. The van der Waals surface area contributed by atoms with Crippen molar-refractivity contribution in [1.82, 2.24) is 19.5 Å². The third-order valence-electron chi connectivity index (χ3n) is 4.82. The van der Waals surface area contributed by atoms with Crippen LogP contribution in [-0.4, -0.2) is 55.5 Å². The van der Waals surface area contributed by atoms with Crippen molar-refractivity contribution in [3.05, 3.63) is 27.0 Å². The number of hydrogen-bond donors (Lipinski definition) is 3. The minimum atomic E-state index is -0.761. The highest BCUT2D eigenvalue weighted by Gasteiger charge is 2.31. The molecule has 3 heterocycles. The van der Waals surface area contributed by atoms with Gasteiger partial charge < -0.3 is 15.1 Å². The molecule has 0 aromatic carbocycles. The summed E-state index contributed by atoms with van der Waals surface area (Å²) in [6.07, 6.45) is 3.21. The number of H-pyrrole nitrogens is 1. The van der Waals surface area contributed by atoms with E-state index in [9.17, 15) is 14.7 Å². The summed E-state index contributed by atoms with van der Waals surface area (Å²) in [6.45, 7) is 0.919. The first-order valence-electron chi connectivity index (χ1n) is 8.14. The minimum absolute atomic E-state index is 0.0425. The molecule has 0 radical (unpaired) electrons. The van der Waals surface area contributed by atoms with Gasteiger partial charge in [0, 0.05) is 31.2 Å². The zero-order valence-electron chi connectivity index (χ0n) is 13.1. The third-order valence-corrected chi connectivity index (χ3v) is 4.82. The average molecular weight is 333 g/mol. The Morgan fingerprint density at radius 3 is 2.83 bits per heavy atom. The maximum atomic E-state index is 12.1. The van der Waals surface area contributed by atoms with E-state index < -0.39 is 17.4 Å². The van der Waals surface area contributed by atoms with Gasteiger partial charge in [-0.3, -0.25) is 14.3 Å². The molecule has 24 heavy (non-hydrogen) atoms. The zero-order chi connectivity index (χ0) is 16.8. The van der Waals surface area contributed by atoms with E-state index in [1.165, 1.54) is 10.8 Å². The molecule has 0 bridgehead atoms. The Labute approximate surface area is 136 Å². The Balaban J connectivity index is 1.75. The van der Waals surface area contributed by atoms with Gasteiger partial charge in [0.1, 0.15) is 5.39 Å². The lowest BCUT2D eigenvalue weighted by molar-refractivity contribution is 0.0545. The second-order valence-corrected chi connectivity index (χ2v) is 6.51. The lowest BCUT2D eigenvalue weighted by atomic mass is 10.0. The quantitative estimate of drug-likeness (QED) is 0.655. The SMILES string of the molecule is O=c1[nH]c(=O)n(C2CC2)c2nc(N3CCC(C(O)CO)C3)ncc12. The van der Waals surface area contributed by atoms with Crippen molar-refractivity contribution in [3.8, 4) is 0 Å². The van der Waals surface area contributed by atoms with Crippen LogP contribution >= 0.6 is 0 Å². The lowest BCUT2D eigenvalue weighted by Crippen LogP contribution is -2.32. The van der Waals surface area contributed by atoms with Crippen LogP contribution in [0.5, 0.6) is 0 Å². The summed E-state index contributed by atoms with van der Waals surface area (Å²) in [6, 6.07) is 0.0853. The van der Waals surface area contributed by atoms with Crippen molar-refractivity contribution in [3.63, 3.8) is 0 Å². The molecule has 0 amide bonds. The van der Waals surface area contributed by atoms with Crippen LogP contribution in [0.25, 0.3) is 11.0 Å². The Hall–Kier alpha value is -2.26. The van der Waals surface area contributed by atoms with Gasteiger partial charge in [0.15, 0.2) is 5.65 Å². The van der Waals surface area contributed by atoms with E-state index in [1.54, 1.807) is 0 Å². The molecule has 1 aliphatic carbocycles. The van der Waals surface area contributed by atoms with Gasteiger partial charge in [-0.1, -0.05) is 0 Å². The summed E-state index contributed by atoms with van der Waals surface area (Å²) < 4.78 is 1.54. The maximum Gasteiger partial charge on any atom is 0.330 e. The smallest absolute Gasteiger partial charge is 0.330 e. The maximum absolute atomic E-state index is 12.1. The summed E-state index contributed by atoms with van der Waals surface area (Å²) in [5.74, 6) is 0.397. The van der Waals surface area contributed by atoms with Gasteiger partial charge in [0.05, 0.1) is 12.7 Å². The minimum Gasteiger partial charge on any atom is -0.394 e. The van der Waals surface area contributed by atoms with E-state index in [2.05, 4.69) is 15.0 Å². The van der Waals surface area contributed by atoms with Crippen molar-refractivity contribution in [2.75, 3.05) is 24.6 Å².